The van der Waals surface area contributed by atoms with Crippen LogP contribution >= 0.6 is 11.6 Å². The number of aromatic nitrogens is 1. The standard InChI is InChI=1S/C13H17ClN4/c1-2-18-7-3-4-11(9-18)17-13-12(14)10(8-15)5-6-16-13/h5-6,11H,2-4,7,9H2,1H3,(H,16,17). The van der Waals surface area contributed by atoms with Crippen LogP contribution in [-0.2, 0) is 0 Å². The molecule has 0 saturated carbocycles. The monoisotopic (exact) mass is 264 g/mol. The van der Waals surface area contributed by atoms with Crippen LogP contribution in [0.2, 0.25) is 5.02 Å². The Morgan fingerprint density at radius 1 is 1.67 bits per heavy atom. The van der Waals surface area contributed by atoms with E-state index in [1.807, 2.05) is 0 Å². The summed E-state index contributed by atoms with van der Waals surface area (Å²) in [4.78, 5) is 6.63. The fourth-order valence-corrected chi connectivity index (χ4v) is 2.49. The molecule has 2 rings (SSSR count). The molecule has 18 heavy (non-hydrogen) atoms. The molecule has 0 amide bonds. The number of halogens is 1. The molecule has 1 saturated heterocycles. The van der Waals surface area contributed by atoms with Gasteiger partial charge in [-0.1, -0.05) is 18.5 Å². The highest BCUT2D eigenvalue weighted by Gasteiger charge is 2.20. The molecule has 1 unspecified atom stereocenters. The van der Waals surface area contributed by atoms with E-state index in [1.165, 1.54) is 6.42 Å². The summed E-state index contributed by atoms with van der Waals surface area (Å²) in [5.74, 6) is 0.624. The van der Waals surface area contributed by atoms with E-state index < -0.39 is 0 Å². The Kier molecular flexibility index (Phi) is 4.40. The van der Waals surface area contributed by atoms with Gasteiger partial charge in [-0.15, -0.1) is 0 Å². The van der Waals surface area contributed by atoms with Gasteiger partial charge in [0.2, 0.25) is 0 Å². The fraction of sp³-hybridized carbons (Fsp3) is 0.538. The number of anilines is 1. The topological polar surface area (TPSA) is 52.0 Å². The number of nitriles is 1. The highest BCUT2D eigenvalue weighted by Crippen LogP contribution is 2.24. The quantitative estimate of drug-likeness (QED) is 0.911. The molecule has 0 aromatic carbocycles. The maximum absolute atomic E-state index is 8.93. The normalized spacial score (nSPS) is 20.4. The lowest BCUT2D eigenvalue weighted by atomic mass is 10.1. The van der Waals surface area contributed by atoms with Crippen LogP contribution in [0.5, 0.6) is 0 Å². The Morgan fingerprint density at radius 3 is 3.22 bits per heavy atom. The maximum atomic E-state index is 8.93. The molecular weight excluding hydrogens is 248 g/mol. The third kappa shape index (κ3) is 2.92. The summed E-state index contributed by atoms with van der Waals surface area (Å²) in [6.45, 7) is 5.40. The smallest absolute Gasteiger partial charge is 0.146 e. The average molecular weight is 265 g/mol. The van der Waals surface area contributed by atoms with E-state index >= 15 is 0 Å². The second kappa shape index (κ2) is 6.03. The van der Waals surface area contributed by atoms with Crippen molar-refractivity contribution in [3.63, 3.8) is 0 Å². The van der Waals surface area contributed by atoms with Gasteiger partial charge in [0.25, 0.3) is 0 Å². The van der Waals surface area contributed by atoms with Crippen LogP contribution in [0.1, 0.15) is 25.3 Å². The van der Waals surface area contributed by atoms with Crippen LogP contribution in [0.3, 0.4) is 0 Å². The van der Waals surface area contributed by atoms with Crippen molar-refractivity contribution in [2.45, 2.75) is 25.8 Å². The van der Waals surface area contributed by atoms with E-state index in [0.717, 1.165) is 26.1 Å². The second-order valence-corrected chi connectivity index (χ2v) is 4.89. The molecule has 1 aromatic rings. The van der Waals surface area contributed by atoms with Crippen LogP contribution in [0.25, 0.3) is 0 Å². The van der Waals surface area contributed by atoms with Gasteiger partial charge >= 0.3 is 0 Å². The zero-order chi connectivity index (χ0) is 13.0. The SMILES string of the molecule is CCN1CCCC(Nc2nccc(C#N)c2Cl)C1. The molecule has 0 radical (unpaired) electrons. The molecular formula is C13H17ClN4. The van der Waals surface area contributed by atoms with E-state index in [4.69, 9.17) is 16.9 Å². The molecule has 96 valence electrons. The molecule has 2 heterocycles. The van der Waals surface area contributed by atoms with E-state index in [2.05, 4.69) is 28.2 Å². The lowest BCUT2D eigenvalue weighted by Crippen LogP contribution is -2.42. The van der Waals surface area contributed by atoms with E-state index in [-0.39, 0.29) is 0 Å². The number of hydrogen-bond donors (Lipinski definition) is 1. The lowest BCUT2D eigenvalue weighted by molar-refractivity contribution is 0.226. The van der Waals surface area contributed by atoms with Gasteiger partial charge < -0.3 is 10.2 Å². The first-order valence-electron chi connectivity index (χ1n) is 6.28. The molecule has 0 bridgehead atoms. The molecule has 5 heteroatoms. The summed E-state index contributed by atoms with van der Waals surface area (Å²) in [6, 6.07) is 4.06. The zero-order valence-corrected chi connectivity index (χ0v) is 11.2. The minimum atomic E-state index is 0.359. The largest absolute Gasteiger partial charge is 0.365 e. The third-order valence-electron chi connectivity index (χ3n) is 3.30. The van der Waals surface area contributed by atoms with Crippen LogP contribution in [0.4, 0.5) is 5.82 Å². The summed E-state index contributed by atoms with van der Waals surface area (Å²) in [7, 11) is 0. The molecule has 4 nitrogen and oxygen atoms in total. The number of nitrogens with zero attached hydrogens (tertiary/aromatic N) is 3. The first-order valence-corrected chi connectivity index (χ1v) is 6.66. The van der Waals surface area contributed by atoms with Crippen molar-refractivity contribution in [2.75, 3.05) is 25.0 Å². The van der Waals surface area contributed by atoms with Crippen molar-refractivity contribution in [2.24, 2.45) is 0 Å². The highest BCUT2D eigenvalue weighted by atomic mass is 35.5. The first-order chi connectivity index (χ1) is 8.74. The van der Waals surface area contributed by atoms with Crippen LogP contribution in [-0.4, -0.2) is 35.6 Å². The second-order valence-electron chi connectivity index (χ2n) is 4.51. The number of rotatable bonds is 3. The lowest BCUT2D eigenvalue weighted by Gasteiger charge is -2.32. The van der Waals surface area contributed by atoms with Gasteiger partial charge in [-0.25, -0.2) is 4.98 Å². The predicted octanol–water partition coefficient (Wildman–Crippen LogP) is 2.50. The highest BCUT2D eigenvalue weighted by molar-refractivity contribution is 6.34. The van der Waals surface area contributed by atoms with Gasteiger partial charge in [0.15, 0.2) is 0 Å². The number of likely N-dealkylation sites (N-methyl/N-ethyl adjacent to an activating group) is 1. The molecule has 1 N–H and O–H groups in total. The van der Waals surface area contributed by atoms with Crippen molar-refractivity contribution >= 4 is 17.4 Å². The van der Waals surface area contributed by atoms with Crippen molar-refractivity contribution in [3.05, 3.63) is 22.8 Å². The number of piperidine rings is 1. The Labute approximate surface area is 113 Å². The van der Waals surface area contributed by atoms with Gasteiger partial charge in [0.1, 0.15) is 16.9 Å². The van der Waals surface area contributed by atoms with E-state index in [1.54, 1.807) is 12.3 Å². The van der Waals surface area contributed by atoms with Gasteiger partial charge in [-0.2, -0.15) is 5.26 Å². The maximum Gasteiger partial charge on any atom is 0.146 e. The van der Waals surface area contributed by atoms with Crippen molar-refractivity contribution in [1.29, 1.82) is 5.26 Å². The summed E-state index contributed by atoms with van der Waals surface area (Å²) in [6.07, 6.45) is 3.92. The Balaban J connectivity index is 2.07. The molecule has 0 aliphatic carbocycles. The minimum absolute atomic E-state index is 0.359. The van der Waals surface area contributed by atoms with Gasteiger partial charge in [-0.05, 0) is 32.0 Å². The van der Waals surface area contributed by atoms with Crippen molar-refractivity contribution < 1.29 is 0 Å². The molecule has 0 spiro atoms. The molecule has 1 atom stereocenters. The average Bonchev–Trinajstić information content (AvgIpc) is 2.41. The number of hydrogen-bond acceptors (Lipinski definition) is 4. The Hall–Kier alpha value is -1.31. The molecule has 1 fully saturated rings. The van der Waals surface area contributed by atoms with Crippen LogP contribution in [0, 0.1) is 11.3 Å². The Bertz CT molecular complexity index is 455. The van der Waals surface area contributed by atoms with Crippen LogP contribution in [0.15, 0.2) is 12.3 Å². The minimum Gasteiger partial charge on any atom is -0.365 e. The summed E-state index contributed by atoms with van der Waals surface area (Å²) in [5, 5.41) is 12.7. The van der Waals surface area contributed by atoms with E-state index in [9.17, 15) is 0 Å². The number of nitrogens with one attached hydrogen (secondary N) is 1. The Morgan fingerprint density at radius 2 is 2.50 bits per heavy atom. The van der Waals surface area contributed by atoms with Crippen LogP contribution < -0.4 is 5.32 Å². The van der Waals surface area contributed by atoms with Gasteiger partial charge in [-0.3, -0.25) is 0 Å². The van der Waals surface area contributed by atoms with E-state index in [0.29, 0.717) is 22.4 Å². The fourth-order valence-electron chi connectivity index (χ4n) is 2.28. The van der Waals surface area contributed by atoms with Crippen molar-refractivity contribution in [3.8, 4) is 6.07 Å². The molecule has 1 aromatic heterocycles. The predicted molar refractivity (Wildman–Crippen MR) is 72.7 cm³/mol. The zero-order valence-electron chi connectivity index (χ0n) is 10.5. The van der Waals surface area contributed by atoms with Crippen molar-refractivity contribution in [1.82, 2.24) is 9.88 Å². The summed E-state index contributed by atoms with van der Waals surface area (Å²) < 4.78 is 0. The number of likely N-dealkylation sites (tertiary alicyclic amines) is 1. The summed E-state index contributed by atoms with van der Waals surface area (Å²) in [5.41, 5.74) is 0.470. The first kappa shape index (κ1) is 13.1. The number of pyridine rings is 1. The van der Waals surface area contributed by atoms with Gasteiger partial charge in [0.05, 0.1) is 5.56 Å². The van der Waals surface area contributed by atoms with Gasteiger partial charge in [0, 0.05) is 18.8 Å². The molecule has 1 aliphatic heterocycles. The summed E-state index contributed by atoms with van der Waals surface area (Å²) >= 11 is 6.14. The third-order valence-corrected chi connectivity index (χ3v) is 3.69. The molecule has 1 aliphatic rings.